The van der Waals surface area contributed by atoms with Gasteiger partial charge in [-0.1, -0.05) is 38.1 Å². The van der Waals surface area contributed by atoms with Gasteiger partial charge in [-0.2, -0.15) is 5.26 Å². The van der Waals surface area contributed by atoms with Crippen LogP contribution in [-0.4, -0.2) is 9.97 Å². The van der Waals surface area contributed by atoms with Crippen molar-refractivity contribution in [3.05, 3.63) is 42.2 Å². The van der Waals surface area contributed by atoms with Crippen LogP contribution in [0.5, 0.6) is 0 Å². The van der Waals surface area contributed by atoms with Crippen LogP contribution in [0.15, 0.2) is 36.7 Å². The Bertz CT molecular complexity index is 579. The molecule has 0 saturated heterocycles. The second-order valence-corrected chi connectivity index (χ2v) is 4.80. The lowest BCUT2D eigenvalue weighted by Crippen LogP contribution is -2.03. The summed E-state index contributed by atoms with van der Waals surface area (Å²) in [6.45, 7) is 4.10. The van der Waals surface area contributed by atoms with Crippen LogP contribution in [0.2, 0.25) is 0 Å². The van der Waals surface area contributed by atoms with E-state index in [0.717, 1.165) is 16.7 Å². The summed E-state index contributed by atoms with van der Waals surface area (Å²) < 4.78 is 0. The van der Waals surface area contributed by atoms with E-state index in [1.54, 1.807) is 12.4 Å². The van der Waals surface area contributed by atoms with Crippen LogP contribution in [0, 0.1) is 17.2 Å². The van der Waals surface area contributed by atoms with Gasteiger partial charge in [-0.3, -0.25) is 0 Å². The Balaban J connectivity index is 2.28. The molecule has 2 aromatic rings. The highest BCUT2D eigenvalue weighted by Gasteiger charge is 2.14. The van der Waals surface area contributed by atoms with E-state index in [1.165, 1.54) is 0 Å². The van der Waals surface area contributed by atoms with E-state index in [-0.39, 0.29) is 11.9 Å². The molecule has 2 N–H and O–H groups in total. The molecule has 0 spiro atoms. The van der Waals surface area contributed by atoms with Crippen molar-refractivity contribution >= 4 is 5.95 Å². The molecule has 0 fully saturated rings. The van der Waals surface area contributed by atoms with Crippen molar-refractivity contribution in [1.29, 1.82) is 5.26 Å². The van der Waals surface area contributed by atoms with Gasteiger partial charge < -0.3 is 5.73 Å². The van der Waals surface area contributed by atoms with Crippen molar-refractivity contribution in [3.8, 4) is 17.2 Å². The monoisotopic (exact) mass is 252 g/mol. The van der Waals surface area contributed by atoms with Crippen LogP contribution in [-0.2, 0) is 0 Å². The average molecular weight is 252 g/mol. The number of nitrogens with two attached hydrogens (primary N) is 1. The zero-order valence-electron chi connectivity index (χ0n) is 11.0. The minimum atomic E-state index is -0.0725. The first-order valence-corrected chi connectivity index (χ1v) is 6.19. The quantitative estimate of drug-likeness (QED) is 0.911. The first-order valence-electron chi connectivity index (χ1n) is 6.19. The first kappa shape index (κ1) is 13.0. The van der Waals surface area contributed by atoms with E-state index < -0.39 is 0 Å². The maximum absolute atomic E-state index is 9.18. The van der Waals surface area contributed by atoms with Gasteiger partial charge in [0.2, 0.25) is 5.95 Å². The molecule has 1 heterocycles. The molecule has 0 aliphatic heterocycles. The molecule has 0 unspecified atom stereocenters. The number of hydrogen-bond donors (Lipinski definition) is 1. The van der Waals surface area contributed by atoms with Gasteiger partial charge in [0.15, 0.2) is 0 Å². The van der Waals surface area contributed by atoms with Crippen LogP contribution < -0.4 is 5.73 Å². The summed E-state index contributed by atoms with van der Waals surface area (Å²) in [7, 11) is 0. The molecular weight excluding hydrogens is 236 g/mol. The molecule has 0 radical (unpaired) electrons. The highest BCUT2D eigenvalue weighted by Crippen LogP contribution is 2.26. The minimum absolute atomic E-state index is 0.0725. The Kier molecular flexibility index (Phi) is 3.76. The Morgan fingerprint density at radius 3 is 2.11 bits per heavy atom. The number of aromatic nitrogens is 2. The van der Waals surface area contributed by atoms with Crippen LogP contribution in [0.3, 0.4) is 0 Å². The van der Waals surface area contributed by atoms with Gasteiger partial charge >= 0.3 is 0 Å². The van der Waals surface area contributed by atoms with Gasteiger partial charge in [0.1, 0.15) is 0 Å². The maximum Gasteiger partial charge on any atom is 0.219 e. The third-order valence-electron chi connectivity index (χ3n) is 3.08. The molecule has 4 heteroatoms. The summed E-state index contributed by atoms with van der Waals surface area (Å²) in [5, 5.41) is 9.18. The molecule has 0 bridgehead atoms. The summed E-state index contributed by atoms with van der Waals surface area (Å²) >= 11 is 0. The Morgan fingerprint density at radius 1 is 1.05 bits per heavy atom. The fraction of sp³-hybridized carbons (Fsp3) is 0.267. The predicted molar refractivity (Wildman–Crippen MR) is 75.1 cm³/mol. The van der Waals surface area contributed by atoms with Crippen molar-refractivity contribution < 1.29 is 0 Å². The predicted octanol–water partition coefficient (Wildman–Crippen LogP) is 2.99. The number of hydrogen-bond acceptors (Lipinski definition) is 4. The molecule has 1 atom stereocenters. The zero-order chi connectivity index (χ0) is 13.8. The lowest BCUT2D eigenvalue weighted by molar-refractivity contribution is 0.587. The molecule has 0 aliphatic rings. The molecular formula is C15H16N4. The number of anilines is 1. The van der Waals surface area contributed by atoms with E-state index in [4.69, 9.17) is 5.73 Å². The van der Waals surface area contributed by atoms with Gasteiger partial charge in [0.05, 0.1) is 12.0 Å². The number of nitrogens with zero attached hydrogens (tertiary/aromatic N) is 3. The van der Waals surface area contributed by atoms with E-state index in [2.05, 4.69) is 29.9 Å². The highest BCUT2D eigenvalue weighted by atomic mass is 15.0. The summed E-state index contributed by atoms with van der Waals surface area (Å²) in [4.78, 5) is 7.94. The van der Waals surface area contributed by atoms with Crippen LogP contribution in [0.1, 0.15) is 25.3 Å². The van der Waals surface area contributed by atoms with Crippen molar-refractivity contribution in [2.24, 2.45) is 5.92 Å². The molecule has 96 valence electrons. The Labute approximate surface area is 112 Å². The van der Waals surface area contributed by atoms with Crippen molar-refractivity contribution in [2.45, 2.75) is 19.8 Å². The van der Waals surface area contributed by atoms with Crippen molar-refractivity contribution in [2.75, 3.05) is 5.73 Å². The molecule has 1 aromatic heterocycles. The van der Waals surface area contributed by atoms with Gasteiger partial charge in [-0.05, 0) is 17.0 Å². The molecule has 0 aliphatic carbocycles. The SMILES string of the molecule is CC(C)[C@@H](C#N)c1ccc(-c2cnc(N)nc2)cc1. The molecule has 0 saturated carbocycles. The van der Waals surface area contributed by atoms with Gasteiger partial charge in [0.25, 0.3) is 0 Å². The molecule has 0 amide bonds. The summed E-state index contributed by atoms with van der Waals surface area (Å²) in [5.74, 6) is 0.497. The molecule has 4 nitrogen and oxygen atoms in total. The normalized spacial score (nSPS) is 12.1. The fourth-order valence-corrected chi connectivity index (χ4v) is 1.98. The minimum Gasteiger partial charge on any atom is -0.368 e. The number of benzene rings is 1. The van der Waals surface area contributed by atoms with Gasteiger partial charge in [-0.25, -0.2) is 9.97 Å². The summed E-state index contributed by atoms with van der Waals surface area (Å²) in [6.07, 6.45) is 3.39. The van der Waals surface area contributed by atoms with E-state index >= 15 is 0 Å². The molecule has 19 heavy (non-hydrogen) atoms. The maximum atomic E-state index is 9.18. The number of nitriles is 1. The second-order valence-electron chi connectivity index (χ2n) is 4.80. The Morgan fingerprint density at radius 2 is 1.63 bits per heavy atom. The molecule has 1 aromatic carbocycles. The van der Waals surface area contributed by atoms with E-state index in [0.29, 0.717) is 5.92 Å². The Hall–Kier alpha value is -2.41. The van der Waals surface area contributed by atoms with Gasteiger partial charge in [-0.15, -0.1) is 0 Å². The topological polar surface area (TPSA) is 75.6 Å². The third kappa shape index (κ3) is 2.89. The standard InChI is InChI=1S/C15H16N4/c1-10(2)14(7-16)12-5-3-11(4-6-12)13-8-18-15(17)19-9-13/h3-6,8-10,14H,1-2H3,(H2,17,18,19)/t14-/m1/s1. The lowest BCUT2D eigenvalue weighted by Gasteiger charge is -2.13. The number of nitrogen functional groups attached to an aromatic ring is 1. The van der Waals surface area contributed by atoms with Crippen LogP contribution >= 0.6 is 0 Å². The first-order chi connectivity index (χ1) is 9.11. The molecule has 2 rings (SSSR count). The van der Waals surface area contributed by atoms with Gasteiger partial charge in [0, 0.05) is 18.0 Å². The largest absolute Gasteiger partial charge is 0.368 e. The highest BCUT2D eigenvalue weighted by molar-refractivity contribution is 5.62. The van der Waals surface area contributed by atoms with Crippen molar-refractivity contribution in [1.82, 2.24) is 9.97 Å². The fourth-order valence-electron chi connectivity index (χ4n) is 1.98. The lowest BCUT2D eigenvalue weighted by atomic mass is 9.89. The summed E-state index contributed by atoms with van der Waals surface area (Å²) in [5.41, 5.74) is 8.43. The van der Waals surface area contributed by atoms with E-state index in [1.807, 2.05) is 24.3 Å². The van der Waals surface area contributed by atoms with Crippen LogP contribution in [0.4, 0.5) is 5.95 Å². The second kappa shape index (κ2) is 5.49. The van der Waals surface area contributed by atoms with E-state index in [9.17, 15) is 5.26 Å². The zero-order valence-corrected chi connectivity index (χ0v) is 11.0. The van der Waals surface area contributed by atoms with Crippen LogP contribution in [0.25, 0.3) is 11.1 Å². The third-order valence-corrected chi connectivity index (χ3v) is 3.08. The summed E-state index contributed by atoms with van der Waals surface area (Å²) in [6, 6.07) is 10.3. The average Bonchev–Trinajstić information content (AvgIpc) is 2.41. The van der Waals surface area contributed by atoms with Crippen molar-refractivity contribution in [3.63, 3.8) is 0 Å². The smallest absolute Gasteiger partial charge is 0.219 e. The number of rotatable bonds is 3.